The summed E-state index contributed by atoms with van der Waals surface area (Å²) in [5.74, 6) is 0.679. The Morgan fingerprint density at radius 3 is 2.76 bits per heavy atom. The van der Waals surface area contributed by atoms with Crippen LogP contribution < -0.4 is 4.74 Å². The number of ether oxygens (including phenoxy) is 1. The Labute approximate surface area is 124 Å². The van der Waals surface area contributed by atoms with Crippen LogP contribution in [0.15, 0.2) is 42.6 Å². The van der Waals surface area contributed by atoms with Crippen LogP contribution in [0.5, 0.6) is 5.75 Å². The molecule has 0 spiro atoms. The van der Waals surface area contributed by atoms with Crippen molar-refractivity contribution in [3.05, 3.63) is 48.4 Å². The average molecular weight is 310 g/mol. The number of nitrogens with zero attached hydrogens (tertiary/aromatic N) is 3. The summed E-state index contributed by atoms with van der Waals surface area (Å²) < 4.78 is 31.3. The third-order valence-corrected chi connectivity index (χ3v) is 3.17. The Hall–Kier alpha value is -2.21. The van der Waals surface area contributed by atoms with Gasteiger partial charge in [-0.05, 0) is 24.3 Å². The van der Waals surface area contributed by atoms with Gasteiger partial charge in [0, 0.05) is 6.20 Å². The fourth-order valence-corrected chi connectivity index (χ4v) is 2.32. The average Bonchev–Trinajstić information content (AvgIpc) is 2.85. The lowest BCUT2D eigenvalue weighted by atomic mass is 10.3. The highest BCUT2D eigenvalue weighted by molar-refractivity contribution is 6.16. The number of pyridine rings is 1. The summed E-state index contributed by atoms with van der Waals surface area (Å²) in [6, 6.07) is 10.00. The molecule has 2 heterocycles. The van der Waals surface area contributed by atoms with Crippen LogP contribution in [-0.4, -0.2) is 21.1 Å². The molecule has 0 aliphatic rings. The van der Waals surface area contributed by atoms with Gasteiger partial charge in [-0.1, -0.05) is 12.1 Å². The predicted molar refractivity (Wildman–Crippen MR) is 75.1 cm³/mol. The van der Waals surface area contributed by atoms with Gasteiger partial charge >= 0.3 is 6.61 Å². The molecule has 0 radical (unpaired) electrons. The molecule has 0 fully saturated rings. The van der Waals surface area contributed by atoms with Crippen molar-refractivity contribution in [2.24, 2.45) is 0 Å². The van der Waals surface area contributed by atoms with Crippen molar-refractivity contribution < 1.29 is 13.5 Å². The number of halogens is 3. The van der Waals surface area contributed by atoms with Crippen molar-refractivity contribution in [3.63, 3.8) is 0 Å². The van der Waals surface area contributed by atoms with Crippen molar-refractivity contribution in [1.82, 2.24) is 14.5 Å². The second kappa shape index (κ2) is 5.65. The molecule has 0 aliphatic heterocycles. The van der Waals surface area contributed by atoms with Gasteiger partial charge in [0.05, 0.1) is 11.6 Å². The Morgan fingerprint density at radius 1 is 1.19 bits per heavy atom. The van der Waals surface area contributed by atoms with Crippen LogP contribution in [0, 0.1) is 0 Å². The van der Waals surface area contributed by atoms with Gasteiger partial charge in [0.2, 0.25) is 0 Å². The summed E-state index contributed by atoms with van der Waals surface area (Å²) in [6.45, 7) is -2.91. The van der Waals surface area contributed by atoms with E-state index < -0.39 is 6.61 Å². The number of rotatable bonds is 4. The van der Waals surface area contributed by atoms with E-state index in [-0.39, 0.29) is 11.6 Å². The van der Waals surface area contributed by atoms with Gasteiger partial charge in [0.15, 0.2) is 5.65 Å². The first-order chi connectivity index (χ1) is 10.2. The monoisotopic (exact) mass is 309 g/mol. The number of aromatic nitrogens is 3. The maximum absolute atomic E-state index is 12.5. The van der Waals surface area contributed by atoms with Gasteiger partial charge < -0.3 is 4.74 Å². The van der Waals surface area contributed by atoms with Gasteiger partial charge in [-0.15, -0.1) is 11.6 Å². The lowest BCUT2D eigenvalue weighted by molar-refractivity contribution is -0.0498. The molecule has 0 N–H and O–H groups in total. The van der Waals surface area contributed by atoms with Crippen LogP contribution in [0.1, 0.15) is 5.82 Å². The highest BCUT2D eigenvalue weighted by Gasteiger charge is 2.17. The zero-order chi connectivity index (χ0) is 14.8. The molecule has 0 saturated carbocycles. The molecule has 108 valence electrons. The molecule has 0 amide bonds. The summed E-state index contributed by atoms with van der Waals surface area (Å²) >= 11 is 5.91. The molecule has 3 rings (SSSR count). The molecule has 3 aromatic rings. The smallest absolute Gasteiger partial charge is 0.387 e. The van der Waals surface area contributed by atoms with E-state index >= 15 is 0 Å². The largest absolute Gasteiger partial charge is 0.433 e. The van der Waals surface area contributed by atoms with Crippen molar-refractivity contribution in [1.29, 1.82) is 0 Å². The maximum Gasteiger partial charge on any atom is 0.387 e. The third kappa shape index (κ3) is 2.54. The highest BCUT2D eigenvalue weighted by atomic mass is 35.5. The standard InChI is InChI=1S/C14H10ClF2N3O/c15-8-12-19-9-4-3-7-18-13(9)20(12)10-5-1-2-6-11(10)21-14(16)17/h1-7,14H,8H2. The lowest BCUT2D eigenvalue weighted by Crippen LogP contribution is -2.07. The fourth-order valence-electron chi connectivity index (χ4n) is 2.14. The van der Waals surface area contributed by atoms with E-state index in [4.69, 9.17) is 11.6 Å². The van der Waals surface area contributed by atoms with Crippen LogP contribution in [-0.2, 0) is 5.88 Å². The van der Waals surface area contributed by atoms with Gasteiger partial charge in [-0.25, -0.2) is 9.97 Å². The molecule has 0 aliphatic carbocycles. The molecule has 1 aromatic carbocycles. The van der Waals surface area contributed by atoms with Crippen LogP contribution in [0.2, 0.25) is 0 Å². The van der Waals surface area contributed by atoms with E-state index in [1.807, 2.05) is 0 Å². The summed E-state index contributed by atoms with van der Waals surface area (Å²) in [5, 5.41) is 0. The molecular weight excluding hydrogens is 300 g/mol. The number of alkyl halides is 3. The minimum absolute atomic E-state index is 0.0452. The second-order valence-electron chi connectivity index (χ2n) is 4.19. The molecule has 4 nitrogen and oxygen atoms in total. The summed E-state index contributed by atoms with van der Waals surface area (Å²) in [6.07, 6.45) is 1.61. The van der Waals surface area contributed by atoms with Crippen LogP contribution in [0.3, 0.4) is 0 Å². The third-order valence-electron chi connectivity index (χ3n) is 2.93. The van der Waals surface area contributed by atoms with E-state index in [0.29, 0.717) is 22.7 Å². The van der Waals surface area contributed by atoms with E-state index in [1.165, 1.54) is 6.07 Å². The Kier molecular flexibility index (Phi) is 3.70. The number of fused-ring (bicyclic) bond motifs is 1. The number of hydrogen-bond donors (Lipinski definition) is 0. The molecule has 0 atom stereocenters. The van der Waals surface area contributed by atoms with E-state index in [9.17, 15) is 8.78 Å². The molecule has 0 bridgehead atoms. The van der Waals surface area contributed by atoms with Crippen LogP contribution >= 0.6 is 11.6 Å². The fraction of sp³-hybridized carbons (Fsp3) is 0.143. The molecule has 21 heavy (non-hydrogen) atoms. The van der Waals surface area contributed by atoms with Crippen LogP contribution in [0.4, 0.5) is 8.78 Å². The van der Waals surface area contributed by atoms with Gasteiger partial charge in [-0.2, -0.15) is 8.78 Å². The summed E-state index contributed by atoms with van der Waals surface area (Å²) in [7, 11) is 0. The van der Waals surface area contributed by atoms with Gasteiger partial charge in [0.25, 0.3) is 0 Å². The molecule has 2 aromatic heterocycles. The first kappa shape index (κ1) is 13.8. The second-order valence-corrected chi connectivity index (χ2v) is 4.46. The summed E-state index contributed by atoms with van der Waals surface area (Å²) in [5.41, 5.74) is 1.60. The lowest BCUT2D eigenvalue weighted by Gasteiger charge is -2.13. The Morgan fingerprint density at radius 2 is 2.00 bits per heavy atom. The molecule has 7 heteroatoms. The van der Waals surface area contributed by atoms with Crippen molar-refractivity contribution in [2.45, 2.75) is 12.5 Å². The normalized spacial score (nSPS) is 11.2. The number of benzene rings is 1. The Bertz CT molecular complexity index is 776. The zero-order valence-corrected chi connectivity index (χ0v) is 11.5. The number of imidazole rings is 1. The zero-order valence-electron chi connectivity index (χ0n) is 10.7. The van der Waals surface area contributed by atoms with E-state index in [0.717, 1.165) is 0 Å². The van der Waals surface area contributed by atoms with Crippen LogP contribution in [0.25, 0.3) is 16.9 Å². The quantitative estimate of drug-likeness (QED) is 0.689. The highest BCUT2D eigenvalue weighted by Crippen LogP contribution is 2.29. The van der Waals surface area contributed by atoms with Gasteiger partial charge in [0.1, 0.15) is 17.1 Å². The van der Waals surface area contributed by atoms with Crippen molar-refractivity contribution in [2.75, 3.05) is 0 Å². The minimum atomic E-state index is -2.91. The van der Waals surface area contributed by atoms with Crippen molar-refractivity contribution >= 4 is 22.8 Å². The van der Waals surface area contributed by atoms with Gasteiger partial charge in [-0.3, -0.25) is 4.57 Å². The van der Waals surface area contributed by atoms with E-state index in [1.54, 1.807) is 41.1 Å². The molecule has 0 saturated heterocycles. The molecule has 0 unspecified atom stereocenters. The first-order valence-corrected chi connectivity index (χ1v) is 6.66. The maximum atomic E-state index is 12.5. The number of hydrogen-bond acceptors (Lipinski definition) is 3. The molecular formula is C14H10ClF2N3O. The predicted octanol–water partition coefficient (Wildman–Crippen LogP) is 3.76. The first-order valence-electron chi connectivity index (χ1n) is 6.13. The SMILES string of the molecule is FC(F)Oc1ccccc1-n1c(CCl)nc2cccnc21. The van der Waals surface area contributed by atoms with E-state index in [2.05, 4.69) is 14.7 Å². The Balaban J connectivity index is 2.25. The topological polar surface area (TPSA) is 39.9 Å². The summed E-state index contributed by atoms with van der Waals surface area (Å²) in [4.78, 5) is 8.60. The van der Waals surface area contributed by atoms with Crippen molar-refractivity contribution in [3.8, 4) is 11.4 Å². The number of para-hydroxylation sites is 2. The minimum Gasteiger partial charge on any atom is -0.433 e.